The van der Waals surface area contributed by atoms with E-state index in [0.717, 1.165) is 72.5 Å². The van der Waals surface area contributed by atoms with Crippen LogP contribution >= 0.6 is 0 Å². The number of anilines is 3. The first kappa shape index (κ1) is 36.9. The van der Waals surface area contributed by atoms with Gasteiger partial charge in [0, 0.05) is 49.7 Å². The van der Waals surface area contributed by atoms with Crippen molar-refractivity contribution in [3.63, 3.8) is 0 Å². The first-order valence-corrected chi connectivity index (χ1v) is 22.2. The Hall–Kier alpha value is -8.66. The quantitative estimate of drug-likeness (QED) is 0.149. The molecule has 0 atom stereocenters. The number of fused-ring (bicyclic) bond motifs is 9. The van der Waals surface area contributed by atoms with E-state index < -0.39 is 0 Å². The molecule has 304 valence electrons. The highest BCUT2D eigenvalue weighted by molar-refractivity contribution is 6.12. The monoisotopic (exact) mass is 828 g/mol. The molecule has 13 rings (SSSR count). The average Bonchev–Trinajstić information content (AvgIpc) is 3.93. The number of para-hydroxylation sites is 5. The zero-order valence-electron chi connectivity index (χ0n) is 35.4. The fraction of sp³-hybridized carbons (Fsp3) is 0. The molecule has 0 bridgehead atoms. The number of benzene rings is 11. The molecule has 3 heteroatoms. The van der Waals surface area contributed by atoms with Crippen molar-refractivity contribution in [2.24, 2.45) is 0 Å². The van der Waals surface area contributed by atoms with Crippen LogP contribution in [0.15, 0.2) is 247 Å². The van der Waals surface area contributed by atoms with Gasteiger partial charge >= 0.3 is 0 Å². The molecule has 0 amide bonds. The van der Waals surface area contributed by atoms with Gasteiger partial charge in [0.15, 0.2) is 0 Å². The van der Waals surface area contributed by atoms with Gasteiger partial charge < -0.3 is 13.9 Å². The van der Waals surface area contributed by atoms with Crippen LogP contribution in [0.2, 0.25) is 0 Å². The minimum Gasteiger partial charge on any atom is -0.455 e. The summed E-state index contributed by atoms with van der Waals surface area (Å²) in [6, 6.07) is 87.7. The Morgan fingerprint density at radius 1 is 0.308 bits per heavy atom. The summed E-state index contributed by atoms with van der Waals surface area (Å²) in [7, 11) is 0. The summed E-state index contributed by atoms with van der Waals surface area (Å²) in [5, 5.41) is 9.72. The summed E-state index contributed by atoms with van der Waals surface area (Å²) in [5.74, 6) is 0. The predicted octanol–water partition coefficient (Wildman–Crippen LogP) is 17.5. The number of furan rings is 1. The van der Waals surface area contributed by atoms with Crippen molar-refractivity contribution >= 4 is 82.4 Å². The van der Waals surface area contributed by atoms with Crippen LogP contribution in [-0.4, -0.2) is 4.57 Å². The van der Waals surface area contributed by atoms with Crippen LogP contribution in [0.4, 0.5) is 17.1 Å². The molecule has 2 heterocycles. The van der Waals surface area contributed by atoms with Gasteiger partial charge in [-0.3, -0.25) is 0 Å². The molecule has 0 fully saturated rings. The van der Waals surface area contributed by atoms with Gasteiger partial charge in [0.1, 0.15) is 11.2 Å². The highest BCUT2D eigenvalue weighted by atomic mass is 16.3. The van der Waals surface area contributed by atoms with Crippen molar-refractivity contribution in [1.29, 1.82) is 0 Å². The SMILES string of the molecule is c1ccc(-c2cccc3c2oc2ccccc23)c(-c2ccc(N(c3ccc(-c4ccccc4-n4c5ccccc5c5ccccc54)cc3)c3ccc4c(ccc5ccccc54)c3)cc2)c1. The second-order valence-corrected chi connectivity index (χ2v) is 16.8. The fourth-order valence-electron chi connectivity index (χ4n) is 10.2. The van der Waals surface area contributed by atoms with E-state index in [4.69, 9.17) is 4.42 Å². The minimum atomic E-state index is 0.902. The van der Waals surface area contributed by atoms with Crippen molar-refractivity contribution in [2.45, 2.75) is 0 Å². The van der Waals surface area contributed by atoms with Gasteiger partial charge in [0.05, 0.1) is 16.7 Å². The number of aromatic nitrogens is 1. The molecule has 0 aliphatic carbocycles. The second-order valence-electron chi connectivity index (χ2n) is 16.8. The largest absolute Gasteiger partial charge is 0.455 e. The number of hydrogen-bond donors (Lipinski definition) is 0. The Morgan fingerprint density at radius 2 is 0.815 bits per heavy atom. The van der Waals surface area contributed by atoms with E-state index in [9.17, 15) is 0 Å². The Bertz CT molecular complexity index is 3900. The van der Waals surface area contributed by atoms with Crippen molar-refractivity contribution in [1.82, 2.24) is 4.57 Å². The van der Waals surface area contributed by atoms with E-state index in [2.05, 4.69) is 240 Å². The standard InChI is InChI=1S/C62H40N2O/c1-2-15-48-41(14-1)28-29-44-40-47(38-39-50(44)48)63(45-34-30-42(31-35-45)49-16-3-4-18-52(49)56-22-13-23-57-55-21-8-12-27-61(55)65-62(56)57)46-36-32-43(33-37-46)51-17-5-9-24-58(51)64-59-25-10-6-19-53(59)54-20-7-11-26-60(54)64/h1-40H. The number of nitrogens with zero attached hydrogens (tertiary/aromatic N) is 2. The molecule has 0 spiro atoms. The zero-order chi connectivity index (χ0) is 42.8. The van der Waals surface area contributed by atoms with Crippen LogP contribution in [0, 0.1) is 0 Å². The molecule has 0 unspecified atom stereocenters. The van der Waals surface area contributed by atoms with Gasteiger partial charge in [-0.05, 0) is 104 Å². The average molecular weight is 829 g/mol. The number of hydrogen-bond acceptors (Lipinski definition) is 2. The Balaban J connectivity index is 0.926. The Labute approximate surface area is 376 Å². The molecule has 0 aliphatic heterocycles. The molecule has 0 aliphatic rings. The van der Waals surface area contributed by atoms with Gasteiger partial charge in [0.2, 0.25) is 0 Å². The van der Waals surface area contributed by atoms with Crippen LogP contribution < -0.4 is 4.90 Å². The summed E-state index contributed by atoms with van der Waals surface area (Å²) in [5.41, 5.74) is 15.5. The molecule has 0 radical (unpaired) electrons. The minimum absolute atomic E-state index is 0.902. The van der Waals surface area contributed by atoms with E-state index in [1.165, 1.54) is 48.9 Å². The molecule has 65 heavy (non-hydrogen) atoms. The van der Waals surface area contributed by atoms with Gasteiger partial charge in [-0.15, -0.1) is 0 Å². The lowest BCUT2D eigenvalue weighted by Crippen LogP contribution is -2.10. The maximum Gasteiger partial charge on any atom is 0.143 e. The summed E-state index contributed by atoms with van der Waals surface area (Å²) in [4.78, 5) is 2.38. The third-order valence-electron chi connectivity index (χ3n) is 13.2. The first-order chi connectivity index (χ1) is 32.2. The highest BCUT2D eigenvalue weighted by Crippen LogP contribution is 2.43. The van der Waals surface area contributed by atoms with Crippen molar-refractivity contribution in [2.75, 3.05) is 4.90 Å². The molecule has 0 saturated carbocycles. The van der Waals surface area contributed by atoms with E-state index >= 15 is 0 Å². The fourth-order valence-corrected chi connectivity index (χ4v) is 10.2. The van der Waals surface area contributed by atoms with Gasteiger partial charge in [-0.25, -0.2) is 0 Å². The van der Waals surface area contributed by atoms with Crippen LogP contribution in [0.25, 0.3) is 104 Å². The van der Waals surface area contributed by atoms with E-state index in [1.807, 2.05) is 12.1 Å². The lowest BCUT2D eigenvalue weighted by atomic mass is 9.93. The van der Waals surface area contributed by atoms with Crippen molar-refractivity contribution in [3.05, 3.63) is 243 Å². The second kappa shape index (κ2) is 15.0. The lowest BCUT2D eigenvalue weighted by Gasteiger charge is -2.26. The lowest BCUT2D eigenvalue weighted by molar-refractivity contribution is 0.670. The summed E-state index contributed by atoms with van der Waals surface area (Å²) in [6.45, 7) is 0. The Kier molecular flexibility index (Phi) is 8.53. The van der Waals surface area contributed by atoms with Gasteiger partial charge in [-0.1, -0.05) is 182 Å². The highest BCUT2D eigenvalue weighted by Gasteiger charge is 2.19. The van der Waals surface area contributed by atoms with E-state index in [0.29, 0.717) is 0 Å². The molecule has 2 aromatic heterocycles. The third-order valence-corrected chi connectivity index (χ3v) is 13.2. The van der Waals surface area contributed by atoms with Gasteiger partial charge in [-0.2, -0.15) is 0 Å². The molecule has 11 aromatic carbocycles. The van der Waals surface area contributed by atoms with Gasteiger partial charge in [0.25, 0.3) is 0 Å². The molecule has 0 saturated heterocycles. The van der Waals surface area contributed by atoms with Crippen molar-refractivity contribution < 1.29 is 4.42 Å². The third kappa shape index (κ3) is 6.05. The first-order valence-electron chi connectivity index (χ1n) is 22.2. The van der Waals surface area contributed by atoms with Crippen LogP contribution in [-0.2, 0) is 0 Å². The van der Waals surface area contributed by atoms with E-state index in [-0.39, 0.29) is 0 Å². The zero-order valence-corrected chi connectivity index (χ0v) is 35.4. The maximum absolute atomic E-state index is 6.52. The molecule has 13 aromatic rings. The van der Waals surface area contributed by atoms with Crippen molar-refractivity contribution in [3.8, 4) is 39.1 Å². The summed E-state index contributed by atoms with van der Waals surface area (Å²) < 4.78 is 8.93. The van der Waals surface area contributed by atoms with E-state index in [1.54, 1.807) is 0 Å². The Morgan fingerprint density at radius 3 is 1.55 bits per heavy atom. The normalized spacial score (nSPS) is 11.7. The molecular formula is C62H40N2O. The topological polar surface area (TPSA) is 21.3 Å². The summed E-state index contributed by atoms with van der Waals surface area (Å²) >= 11 is 0. The predicted molar refractivity (Wildman–Crippen MR) is 274 cm³/mol. The van der Waals surface area contributed by atoms with Crippen LogP contribution in [0.5, 0.6) is 0 Å². The summed E-state index contributed by atoms with van der Waals surface area (Å²) in [6.07, 6.45) is 0. The molecule has 0 N–H and O–H groups in total. The van der Waals surface area contributed by atoms with Crippen LogP contribution in [0.3, 0.4) is 0 Å². The number of rotatable bonds is 7. The van der Waals surface area contributed by atoms with Crippen LogP contribution in [0.1, 0.15) is 0 Å². The maximum atomic E-state index is 6.52. The smallest absolute Gasteiger partial charge is 0.143 e. The molecule has 3 nitrogen and oxygen atoms in total. The molecular weight excluding hydrogens is 789 g/mol.